The van der Waals surface area contributed by atoms with E-state index in [1.807, 2.05) is 31.2 Å². The number of para-hydroxylation sites is 1. The zero-order valence-electron chi connectivity index (χ0n) is 34.0. The van der Waals surface area contributed by atoms with Crippen LogP contribution < -0.4 is 24.8 Å². The van der Waals surface area contributed by atoms with Gasteiger partial charge in [0.1, 0.15) is 41.2 Å². The quantitative estimate of drug-likeness (QED) is 0.166. The largest absolute Gasteiger partial charge is 0.490 e. The molecule has 2 aromatic heterocycles. The van der Waals surface area contributed by atoms with Crippen molar-refractivity contribution in [3.8, 4) is 11.5 Å². The van der Waals surface area contributed by atoms with Crippen molar-refractivity contribution in [2.75, 3.05) is 13.2 Å². The fraction of sp³-hybridized carbons (Fsp3) is 0.523. The van der Waals surface area contributed by atoms with Gasteiger partial charge in [0.05, 0.1) is 29.3 Å². The van der Waals surface area contributed by atoms with Crippen molar-refractivity contribution < 1.29 is 50.6 Å². The van der Waals surface area contributed by atoms with Gasteiger partial charge < -0.3 is 34.2 Å². The molecule has 5 atom stereocenters. The second-order valence-electron chi connectivity index (χ2n) is 17.0. The summed E-state index contributed by atoms with van der Waals surface area (Å²) in [5.41, 5.74) is -0.0695. The van der Waals surface area contributed by atoms with E-state index in [1.54, 1.807) is 6.07 Å². The number of rotatable bonds is 9. The van der Waals surface area contributed by atoms with Crippen molar-refractivity contribution in [3.63, 3.8) is 0 Å². The number of halogens is 1. The van der Waals surface area contributed by atoms with Crippen LogP contribution in [0.25, 0.3) is 33.0 Å². The van der Waals surface area contributed by atoms with Gasteiger partial charge in [-0.25, -0.2) is 22.6 Å². The molecular weight excluding hydrogens is 810 g/mol. The summed E-state index contributed by atoms with van der Waals surface area (Å²) in [5.74, 6) is -2.43. The van der Waals surface area contributed by atoms with E-state index in [0.29, 0.717) is 65.4 Å². The maximum Gasteiger partial charge on any atom is 0.408 e. The number of alkyl carbamates (subject to hydrolysis) is 1. The molecule has 5 aliphatic rings. The van der Waals surface area contributed by atoms with Crippen molar-refractivity contribution in [2.45, 2.75) is 125 Å². The number of ether oxygens (including phenoxy) is 3. The molecule has 2 aromatic carbocycles. The zero-order valence-corrected chi connectivity index (χ0v) is 34.8. The molecule has 4 amide bonds. The Labute approximate surface area is 352 Å². The minimum atomic E-state index is -3.94. The van der Waals surface area contributed by atoms with Crippen molar-refractivity contribution in [1.29, 1.82) is 0 Å². The molecule has 4 aromatic rings. The molecule has 9 rings (SSSR count). The fourth-order valence-corrected chi connectivity index (χ4v) is 10.5. The van der Waals surface area contributed by atoms with Crippen molar-refractivity contribution in [3.05, 3.63) is 54.4 Å². The maximum atomic E-state index is 15.0. The highest BCUT2D eigenvalue weighted by atomic mass is 32.2. The third kappa shape index (κ3) is 8.20. The molecule has 3 aliphatic carbocycles. The second kappa shape index (κ2) is 16.4. The van der Waals surface area contributed by atoms with Crippen LogP contribution in [0.2, 0.25) is 0 Å². The van der Waals surface area contributed by atoms with Crippen LogP contribution in [0.15, 0.2) is 53.0 Å². The number of sulfonamides is 1. The number of nitrogens with zero attached hydrogens (tertiary/aromatic N) is 2. The first kappa shape index (κ1) is 40.9. The van der Waals surface area contributed by atoms with Gasteiger partial charge >= 0.3 is 6.09 Å². The van der Waals surface area contributed by atoms with E-state index >= 15 is 0 Å². The molecule has 61 heavy (non-hydrogen) atoms. The topological polar surface area (TPSA) is 195 Å². The van der Waals surface area contributed by atoms with Gasteiger partial charge in [-0.2, -0.15) is 0 Å². The van der Waals surface area contributed by atoms with E-state index in [4.69, 9.17) is 23.6 Å². The number of hydrogen-bond donors (Lipinski definition) is 3. The van der Waals surface area contributed by atoms with Gasteiger partial charge in [-0.05, 0) is 101 Å². The summed E-state index contributed by atoms with van der Waals surface area (Å²) in [6.45, 7) is 2.10. The van der Waals surface area contributed by atoms with Crippen LogP contribution in [0.3, 0.4) is 0 Å². The average molecular weight is 860 g/mol. The molecule has 17 heteroatoms. The number of hydrogen-bond acceptors (Lipinski definition) is 11. The van der Waals surface area contributed by atoms with Crippen LogP contribution >= 0.6 is 0 Å². The van der Waals surface area contributed by atoms with Crippen LogP contribution in [-0.2, 0) is 29.1 Å². The first-order valence-corrected chi connectivity index (χ1v) is 23.0. The van der Waals surface area contributed by atoms with Gasteiger partial charge in [-0.3, -0.25) is 19.1 Å². The Morgan fingerprint density at radius 2 is 1.80 bits per heavy atom. The molecule has 0 unspecified atom stereocenters. The van der Waals surface area contributed by atoms with Gasteiger partial charge in [0, 0.05) is 17.7 Å². The van der Waals surface area contributed by atoms with E-state index in [0.717, 1.165) is 38.5 Å². The molecule has 0 radical (unpaired) electrons. The number of nitrogens with one attached hydrogen (secondary N) is 3. The van der Waals surface area contributed by atoms with E-state index in [2.05, 4.69) is 15.4 Å². The summed E-state index contributed by atoms with van der Waals surface area (Å²) in [7, 11) is -3.94. The minimum absolute atomic E-state index is 0.0690. The molecule has 1 saturated heterocycles. The first-order valence-electron chi connectivity index (χ1n) is 21.5. The molecule has 3 saturated carbocycles. The molecule has 3 N–H and O–H groups in total. The lowest BCUT2D eigenvalue weighted by molar-refractivity contribution is -0.141. The number of benzene rings is 2. The molecule has 0 spiro atoms. The third-order valence-corrected chi connectivity index (χ3v) is 14.4. The normalized spacial score (nSPS) is 26.8. The molecular formula is C44H50FN5O10S. The SMILES string of the molecule is CCOc1cccc2c1oc1c(O[C@@H]3C[C@H]4C(=O)N[C@]5(C(=O)NS(=O)(=O)C6CC6)C[C@@H]5/C=C\CCCCC[C@H](NC(=O)OC5CCCC5)C(=O)N4C3)c3cc(F)ccc3nc12. The van der Waals surface area contributed by atoms with Crippen LogP contribution in [0.5, 0.6) is 11.5 Å². The molecule has 15 nitrogen and oxygen atoms in total. The summed E-state index contributed by atoms with van der Waals surface area (Å²) in [6, 6.07) is 7.26. The first-order chi connectivity index (χ1) is 29.4. The van der Waals surface area contributed by atoms with Gasteiger partial charge in [0.25, 0.3) is 5.91 Å². The molecule has 2 aliphatic heterocycles. The second-order valence-corrected chi connectivity index (χ2v) is 18.9. The smallest absolute Gasteiger partial charge is 0.408 e. The third-order valence-electron chi connectivity index (χ3n) is 12.6. The summed E-state index contributed by atoms with van der Waals surface area (Å²) in [5, 5.41) is 5.97. The lowest BCUT2D eigenvalue weighted by atomic mass is 10.0. The van der Waals surface area contributed by atoms with Crippen LogP contribution in [-0.4, -0.2) is 90.3 Å². The highest BCUT2D eigenvalue weighted by Gasteiger charge is 2.62. The minimum Gasteiger partial charge on any atom is -0.490 e. The summed E-state index contributed by atoms with van der Waals surface area (Å²) in [6.07, 6.45) is 9.36. The van der Waals surface area contributed by atoms with Gasteiger partial charge in [0.2, 0.25) is 21.8 Å². The fourth-order valence-electron chi connectivity index (χ4n) is 9.11. The Balaban J connectivity index is 1.08. The monoisotopic (exact) mass is 859 g/mol. The van der Waals surface area contributed by atoms with Crippen LogP contribution in [0.1, 0.15) is 90.4 Å². The zero-order chi connectivity index (χ0) is 42.5. The Morgan fingerprint density at radius 3 is 2.59 bits per heavy atom. The molecule has 4 fully saturated rings. The number of allylic oxidation sites excluding steroid dienone is 1. The molecule has 4 heterocycles. The van der Waals surface area contributed by atoms with Gasteiger partial charge in [0.15, 0.2) is 22.7 Å². The average Bonchev–Trinajstić information content (AvgIpc) is 4.04. The number of pyridine rings is 1. The van der Waals surface area contributed by atoms with Crippen molar-refractivity contribution in [1.82, 2.24) is 25.2 Å². The lowest BCUT2D eigenvalue weighted by Gasteiger charge is -2.30. The molecule has 324 valence electrons. The van der Waals surface area contributed by atoms with Crippen LogP contribution in [0.4, 0.5) is 9.18 Å². The Morgan fingerprint density at radius 1 is 1.00 bits per heavy atom. The number of amides is 4. The highest BCUT2D eigenvalue weighted by molar-refractivity contribution is 7.91. The number of aromatic nitrogens is 1. The Bertz CT molecular complexity index is 2540. The van der Waals surface area contributed by atoms with Crippen molar-refractivity contribution >= 4 is 66.8 Å². The van der Waals surface area contributed by atoms with Crippen LogP contribution in [0, 0.1) is 11.7 Å². The van der Waals surface area contributed by atoms with Crippen molar-refractivity contribution in [2.24, 2.45) is 5.92 Å². The van der Waals surface area contributed by atoms with E-state index in [9.17, 15) is 32.0 Å². The van der Waals surface area contributed by atoms with Gasteiger partial charge in [-0.1, -0.05) is 31.1 Å². The standard InChI is InChI=1S/C44H50FN5O10S/c1-2-57-35-16-10-14-30-36-39(60-37(30)35)38(31-21-26(45)17-20-32(31)46-36)58-28-22-34-40(51)48-44(42(53)49-61(55,56)29-18-19-29)23-25(44)11-6-4-3-5-7-15-33(41(52)50(34)24-28)47-43(54)59-27-12-8-9-13-27/h6,10-11,14,16-17,20-21,25,27-29,33-34H,2-5,7-9,12-13,15,18-19,22-24H2,1H3,(H,47,54)(H,48,51)(H,49,53)/b11-6-/t25-,28+,33-,34-,44+/m0/s1. The Kier molecular flexibility index (Phi) is 11.0. The number of carbonyl (C=O) groups is 4. The number of carbonyl (C=O) groups excluding carboxylic acids is 4. The van der Waals surface area contributed by atoms with Gasteiger partial charge in [-0.15, -0.1) is 0 Å². The van der Waals surface area contributed by atoms with E-state index in [1.165, 1.54) is 23.1 Å². The predicted octanol–water partition coefficient (Wildman–Crippen LogP) is 6.06. The van der Waals surface area contributed by atoms with E-state index in [-0.39, 0.29) is 43.2 Å². The summed E-state index contributed by atoms with van der Waals surface area (Å²) < 4.78 is 67.8. The van der Waals surface area contributed by atoms with E-state index < -0.39 is 74.5 Å². The summed E-state index contributed by atoms with van der Waals surface area (Å²) >= 11 is 0. The Hall–Kier alpha value is -5.45. The maximum absolute atomic E-state index is 15.0. The molecule has 0 bridgehead atoms. The number of fused-ring (bicyclic) bond motifs is 6. The number of furan rings is 1. The predicted molar refractivity (Wildman–Crippen MR) is 222 cm³/mol. The highest BCUT2D eigenvalue weighted by Crippen LogP contribution is 2.47. The lowest BCUT2D eigenvalue weighted by Crippen LogP contribution is -2.58. The summed E-state index contributed by atoms with van der Waals surface area (Å²) in [4.78, 5) is 62.8.